The van der Waals surface area contributed by atoms with Gasteiger partial charge in [0.15, 0.2) is 0 Å². The minimum atomic E-state index is -0.474. The Morgan fingerprint density at radius 3 is 2.62 bits per heavy atom. The number of hydrogen-bond donors (Lipinski definition) is 1. The van der Waals surface area contributed by atoms with Crippen molar-refractivity contribution < 1.29 is 4.74 Å². The monoisotopic (exact) mass is 288 g/mol. The lowest BCUT2D eigenvalue weighted by atomic mass is 10.0. The maximum Gasteiger partial charge on any atom is 0.120 e. The summed E-state index contributed by atoms with van der Waals surface area (Å²) >= 11 is 0. The van der Waals surface area contributed by atoms with Gasteiger partial charge in [-0.1, -0.05) is 6.07 Å². The van der Waals surface area contributed by atoms with Crippen molar-refractivity contribution in [1.82, 2.24) is 10.2 Å². The molecule has 1 N–H and O–H groups in total. The van der Waals surface area contributed by atoms with Gasteiger partial charge in [-0.2, -0.15) is 5.26 Å². The van der Waals surface area contributed by atoms with Crippen molar-refractivity contribution in [2.24, 2.45) is 0 Å². The predicted molar refractivity (Wildman–Crippen MR) is 84.7 cm³/mol. The van der Waals surface area contributed by atoms with Crippen LogP contribution in [0.4, 0.5) is 5.69 Å². The first-order chi connectivity index (χ1) is 10.1. The zero-order valence-electron chi connectivity index (χ0n) is 13.1. The third kappa shape index (κ3) is 3.87. The number of nitriles is 1. The smallest absolute Gasteiger partial charge is 0.120 e. The van der Waals surface area contributed by atoms with Crippen molar-refractivity contribution in [3.63, 3.8) is 0 Å². The Balaban J connectivity index is 1.93. The highest BCUT2D eigenvalue weighted by atomic mass is 16.5. The maximum absolute atomic E-state index is 9.24. The highest BCUT2D eigenvalue weighted by Gasteiger charge is 2.27. The number of piperazine rings is 1. The largest absolute Gasteiger partial charge is 0.497 e. The van der Waals surface area contributed by atoms with E-state index in [9.17, 15) is 5.26 Å². The van der Waals surface area contributed by atoms with E-state index in [0.29, 0.717) is 0 Å². The van der Waals surface area contributed by atoms with Gasteiger partial charge in [-0.05, 0) is 26.1 Å². The first-order valence-corrected chi connectivity index (χ1v) is 7.32. The van der Waals surface area contributed by atoms with Crippen LogP contribution in [0.15, 0.2) is 24.3 Å². The average Bonchev–Trinajstić information content (AvgIpc) is 2.55. The Morgan fingerprint density at radius 2 is 2.05 bits per heavy atom. The summed E-state index contributed by atoms with van der Waals surface area (Å²) in [6.07, 6.45) is 0. The summed E-state index contributed by atoms with van der Waals surface area (Å²) in [5.41, 5.74) is 0.726. The minimum absolute atomic E-state index is 0.474. The Morgan fingerprint density at radius 1 is 1.33 bits per heavy atom. The zero-order valence-corrected chi connectivity index (χ0v) is 13.1. The van der Waals surface area contributed by atoms with Crippen LogP contribution in [0, 0.1) is 11.3 Å². The molecule has 114 valence electrons. The molecule has 2 rings (SSSR count). The van der Waals surface area contributed by atoms with E-state index in [1.807, 2.05) is 26.1 Å². The fourth-order valence-electron chi connectivity index (χ4n) is 2.59. The number of benzene rings is 1. The van der Waals surface area contributed by atoms with Crippen LogP contribution in [0.1, 0.15) is 6.92 Å². The molecule has 1 aromatic rings. The summed E-state index contributed by atoms with van der Waals surface area (Å²) in [6.45, 7) is 6.58. The molecule has 1 aliphatic rings. The van der Waals surface area contributed by atoms with Gasteiger partial charge in [0.25, 0.3) is 0 Å². The second-order valence-corrected chi connectivity index (χ2v) is 5.66. The van der Waals surface area contributed by atoms with Gasteiger partial charge in [0.05, 0.1) is 13.2 Å². The fourth-order valence-corrected chi connectivity index (χ4v) is 2.59. The van der Waals surface area contributed by atoms with Gasteiger partial charge in [0.1, 0.15) is 11.3 Å². The summed E-state index contributed by atoms with van der Waals surface area (Å²) in [5.74, 6) is 0.891. The van der Waals surface area contributed by atoms with Crippen molar-refractivity contribution in [1.29, 1.82) is 5.26 Å². The quantitative estimate of drug-likeness (QED) is 0.885. The summed E-state index contributed by atoms with van der Waals surface area (Å²) < 4.78 is 5.28. The van der Waals surface area contributed by atoms with Crippen LogP contribution >= 0.6 is 0 Å². The van der Waals surface area contributed by atoms with Crippen molar-refractivity contribution >= 4 is 5.69 Å². The van der Waals surface area contributed by atoms with E-state index in [1.165, 1.54) is 5.69 Å². The predicted octanol–water partition coefficient (Wildman–Crippen LogP) is 1.32. The molecule has 1 heterocycles. The van der Waals surface area contributed by atoms with Crippen LogP contribution in [-0.4, -0.2) is 57.3 Å². The number of nitrogens with one attached hydrogen (secondary N) is 1. The summed E-state index contributed by atoms with van der Waals surface area (Å²) in [4.78, 5) is 4.71. The number of likely N-dealkylation sites (N-methyl/N-ethyl adjacent to an activating group) is 1. The van der Waals surface area contributed by atoms with Crippen LogP contribution in [-0.2, 0) is 0 Å². The lowest BCUT2D eigenvalue weighted by Crippen LogP contribution is -2.54. The van der Waals surface area contributed by atoms with Gasteiger partial charge in [-0.15, -0.1) is 0 Å². The van der Waals surface area contributed by atoms with Crippen molar-refractivity contribution in [2.75, 3.05) is 51.8 Å². The fraction of sp³-hybridized carbons (Fsp3) is 0.562. The van der Waals surface area contributed by atoms with E-state index in [4.69, 9.17) is 4.74 Å². The molecule has 0 aliphatic carbocycles. The molecule has 1 fully saturated rings. The molecule has 0 radical (unpaired) electrons. The highest BCUT2D eigenvalue weighted by Crippen LogP contribution is 2.22. The van der Waals surface area contributed by atoms with Crippen LogP contribution in [0.25, 0.3) is 0 Å². The van der Waals surface area contributed by atoms with E-state index >= 15 is 0 Å². The first-order valence-electron chi connectivity index (χ1n) is 7.32. The Kier molecular flexibility index (Phi) is 5.05. The van der Waals surface area contributed by atoms with E-state index in [0.717, 1.165) is 38.5 Å². The molecule has 0 aromatic heterocycles. The molecular formula is C16H24N4O. The molecule has 0 spiro atoms. The molecule has 5 heteroatoms. The normalized spacial score (nSPS) is 18.9. The van der Waals surface area contributed by atoms with Gasteiger partial charge in [0, 0.05) is 44.5 Å². The molecule has 1 aliphatic heterocycles. The Hall–Kier alpha value is -1.77. The Bertz CT molecular complexity index is 505. The van der Waals surface area contributed by atoms with E-state index in [2.05, 4.69) is 33.3 Å². The number of nitrogens with zero attached hydrogens (tertiary/aromatic N) is 3. The number of ether oxygens (including phenoxy) is 1. The summed E-state index contributed by atoms with van der Waals surface area (Å²) in [7, 11) is 3.53. The molecule has 1 atom stereocenters. The molecule has 0 amide bonds. The molecule has 0 bridgehead atoms. The third-order valence-electron chi connectivity index (χ3n) is 4.13. The molecule has 5 nitrogen and oxygen atoms in total. The molecular weight excluding hydrogens is 264 g/mol. The van der Waals surface area contributed by atoms with Gasteiger partial charge >= 0.3 is 0 Å². The van der Waals surface area contributed by atoms with Gasteiger partial charge in [-0.3, -0.25) is 4.90 Å². The Labute approximate surface area is 127 Å². The summed E-state index contributed by atoms with van der Waals surface area (Å²) in [6, 6.07) is 10.5. The molecule has 1 unspecified atom stereocenters. The second-order valence-electron chi connectivity index (χ2n) is 5.66. The lowest BCUT2D eigenvalue weighted by molar-refractivity contribution is 0.214. The van der Waals surface area contributed by atoms with E-state index in [-0.39, 0.29) is 0 Å². The van der Waals surface area contributed by atoms with E-state index in [1.54, 1.807) is 7.11 Å². The van der Waals surface area contributed by atoms with Gasteiger partial charge in [-0.25, -0.2) is 0 Å². The molecule has 1 saturated heterocycles. The highest BCUT2D eigenvalue weighted by molar-refractivity contribution is 5.51. The average molecular weight is 288 g/mol. The summed E-state index contributed by atoms with van der Waals surface area (Å²) in [5, 5.41) is 12.3. The van der Waals surface area contributed by atoms with Crippen molar-refractivity contribution in [2.45, 2.75) is 12.5 Å². The first kappa shape index (κ1) is 15.6. The second kappa shape index (κ2) is 6.79. The lowest BCUT2D eigenvalue weighted by Gasteiger charge is -2.38. The van der Waals surface area contributed by atoms with Crippen molar-refractivity contribution in [3.8, 4) is 11.8 Å². The standard InChI is InChI=1S/C16H24N4O/c1-16(12-17,18-2)13-19-7-9-20(10-8-19)14-5-4-6-15(11-14)21-3/h4-6,11,18H,7-10,13H2,1-3H3. The zero-order chi connectivity index (χ0) is 15.3. The number of anilines is 1. The molecule has 1 aromatic carbocycles. The van der Waals surface area contributed by atoms with Gasteiger partial charge in [0.2, 0.25) is 0 Å². The SMILES string of the molecule is CNC(C)(C#N)CN1CCN(c2cccc(OC)c2)CC1. The number of rotatable bonds is 5. The van der Waals surface area contributed by atoms with Crippen LogP contribution in [0.5, 0.6) is 5.75 Å². The van der Waals surface area contributed by atoms with Crippen molar-refractivity contribution in [3.05, 3.63) is 24.3 Å². The van der Waals surface area contributed by atoms with Crippen LogP contribution in [0.2, 0.25) is 0 Å². The van der Waals surface area contributed by atoms with E-state index < -0.39 is 5.54 Å². The van der Waals surface area contributed by atoms with Crippen LogP contribution in [0.3, 0.4) is 0 Å². The number of methoxy groups -OCH3 is 1. The minimum Gasteiger partial charge on any atom is -0.497 e. The maximum atomic E-state index is 9.24. The third-order valence-corrected chi connectivity index (χ3v) is 4.13. The van der Waals surface area contributed by atoms with Crippen LogP contribution < -0.4 is 15.0 Å². The number of hydrogen-bond acceptors (Lipinski definition) is 5. The molecule has 21 heavy (non-hydrogen) atoms. The topological polar surface area (TPSA) is 51.5 Å². The molecule has 0 saturated carbocycles. The van der Waals surface area contributed by atoms with Gasteiger partial charge < -0.3 is 15.0 Å².